The monoisotopic (exact) mass is 275 g/mol. The zero-order valence-corrected chi connectivity index (χ0v) is 11.0. The van der Waals surface area contributed by atoms with E-state index in [-0.39, 0.29) is 12.3 Å². The molecule has 1 aromatic carbocycles. The van der Waals surface area contributed by atoms with Gasteiger partial charge in [-0.15, -0.1) is 5.10 Å². The molecule has 0 atom stereocenters. The van der Waals surface area contributed by atoms with Gasteiger partial charge >= 0.3 is 5.97 Å². The van der Waals surface area contributed by atoms with Crippen LogP contribution in [0, 0.1) is 0 Å². The van der Waals surface area contributed by atoms with Gasteiger partial charge in [0.25, 0.3) is 0 Å². The average molecular weight is 275 g/mol. The van der Waals surface area contributed by atoms with Crippen molar-refractivity contribution >= 4 is 17.6 Å². The van der Waals surface area contributed by atoms with Crippen molar-refractivity contribution in [3.05, 3.63) is 35.7 Å². The molecular weight excluding hydrogens is 262 g/mol. The number of methoxy groups -OCH3 is 1. The lowest BCUT2D eigenvalue weighted by Crippen LogP contribution is -2.17. The van der Waals surface area contributed by atoms with Gasteiger partial charge < -0.3 is 10.1 Å². The number of aromatic nitrogens is 4. The van der Waals surface area contributed by atoms with Crippen LogP contribution in [0.4, 0.5) is 5.69 Å². The summed E-state index contributed by atoms with van der Waals surface area (Å²) in [4.78, 5) is 23.1. The van der Waals surface area contributed by atoms with Crippen LogP contribution in [0.25, 0.3) is 0 Å². The fourth-order valence-corrected chi connectivity index (χ4v) is 1.55. The molecule has 1 N–H and O–H groups in total. The second-order valence-electron chi connectivity index (χ2n) is 4.01. The van der Waals surface area contributed by atoms with Crippen LogP contribution in [0.2, 0.25) is 0 Å². The highest BCUT2D eigenvalue weighted by Crippen LogP contribution is 2.10. The van der Waals surface area contributed by atoms with Gasteiger partial charge in [0.2, 0.25) is 5.91 Å². The van der Waals surface area contributed by atoms with Crippen molar-refractivity contribution < 1.29 is 14.3 Å². The molecule has 2 rings (SSSR count). The third kappa shape index (κ3) is 3.16. The lowest BCUT2D eigenvalue weighted by Gasteiger charge is -2.05. The number of carbonyl (C=O) groups is 2. The van der Waals surface area contributed by atoms with E-state index in [4.69, 9.17) is 0 Å². The molecule has 0 aliphatic rings. The maximum absolute atomic E-state index is 11.8. The molecule has 1 amide bonds. The van der Waals surface area contributed by atoms with Crippen LogP contribution in [-0.2, 0) is 23.0 Å². The van der Waals surface area contributed by atoms with Crippen LogP contribution in [0.3, 0.4) is 0 Å². The number of benzene rings is 1. The molecule has 0 spiro atoms. The van der Waals surface area contributed by atoms with Crippen LogP contribution in [0.5, 0.6) is 0 Å². The number of hydrogen-bond acceptors (Lipinski definition) is 6. The van der Waals surface area contributed by atoms with Crippen molar-refractivity contribution in [1.82, 2.24) is 20.2 Å². The number of nitrogens with one attached hydrogen (secondary N) is 1. The van der Waals surface area contributed by atoms with Crippen molar-refractivity contribution in [2.75, 3.05) is 12.4 Å². The molecule has 8 heteroatoms. The zero-order chi connectivity index (χ0) is 14.5. The minimum Gasteiger partial charge on any atom is -0.465 e. The summed E-state index contributed by atoms with van der Waals surface area (Å²) in [6.07, 6.45) is 0.0717. The van der Waals surface area contributed by atoms with Gasteiger partial charge in [-0.3, -0.25) is 4.79 Å². The van der Waals surface area contributed by atoms with E-state index in [1.165, 1.54) is 11.8 Å². The van der Waals surface area contributed by atoms with E-state index in [9.17, 15) is 9.59 Å². The zero-order valence-electron chi connectivity index (χ0n) is 11.0. The third-order valence-electron chi connectivity index (χ3n) is 2.62. The Balaban J connectivity index is 1.98. The fraction of sp³-hybridized carbons (Fsp3) is 0.250. The molecule has 1 heterocycles. The molecule has 0 unspecified atom stereocenters. The quantitative estimate of drug-likeness (QED) is 0.799. The number of aryl methyl sites for hydroxylation is 1. The molecule has 0 fully saturated rings. The van der Waals surface area contributed by atoms with Gasteiger partial charge in [-0.05, 0) is 34.7 Å². The number of ether oxygens (including phenoxy) is 1. The predicted octanol–water partition coefficient (Wildman–Crippen LogP) is 0.178. The Morgan fingerprint density at radius 3 is 2.55 bits per heavy atom. The Bertz CT molecular complexity index is 620. The van der Waals surface area contributed by atoms with E-state index in [0.717, 1.165) is 0 Å². The summed E-state index contributed by atoms with van der Waals surface area (Å²) >= 11 is 0. The van der Waals surface area contributed by atoms with Crippen molar-refractivity contribution in [3.63, 3.8) is 0 Å². The number of carbonyl (C=O) groups excluding carboxylic acids is 2. The van der Waals surface area contributed by atoms with E-state index in [1.54, 1.807) is 31.3 Å². The number of tetrazole rings is 1. The Labute approximate surface area is 114 Å². The maximum Gasteiger partial charge on any atom is 0.337 e. The van der Waals surface area contributed by atoms with Gasteiger partial charge in [0.05, 0.1) is 19.1 Å². The van der Waals surface area contributed by atoms with Gasteiger partial charge in [0.15, 0.2) is 5.82 Å². The first-order chi connectivity index (χ1) is 9.60. The number of nitrogens with zero attached hydrogens (tertiary/aromatic N) is 4. The summed E-state index contributed by atoms with van der Waals surface area (Å²) in [5.74, 6) is -0.199. The molecule has 104 valence electrons. The predicted molar refractivity (Wildman–Crippen MR) is 68.9 cm³/mol. The van der Waals surface area contributed by atoms with E-state index in [2.05, 4.69) is 25.6 Å². The number of esters is 1. The molecular formula is C12H13N5O3. The summed E-state index contributed by atoms with van der Waals surface area (Å²) in [6.45, 7) is 0. The highest BCUT2D eigenvalue weighted by atomic mass is 16.5. The molecule has 20 heavy (non-hydrogen) atoms. The van der Waals surface area contributed by atoms with E-state index in [1.807, 2.05) is 0 Å². The molecule has 0 saturated heterocycles. The molecule has 0 aliphatic carbocycles. The Morgan fingerprint density at radius 1 is 1.30 bits per heavy atom. The fourth-order valence-electron chi connectivity index (χ4n) is 1.55. The molecule has 8 nitrogen and oxygen atoms in total. The Kier molecular flexibility index (Phi) is 4.04. The first kappa shape index (κ1) is 13.7. The van der Waals surface area contributed by atoms with Gasteiger partial charge in [0, 0.05) is 12.7 Å². The molecule has 0 radical (unpaired) electrons. The minimum atomic E-state index is -0.423. The van der Waals surface area contributed by atoms with E-state index < -0.39 is 5.97 Å². The first-order valence-electron chi connectivity index (χ1n) is 5.79. The Hall–Kier alpha value is -2.77. The molecule has 0 aliphatic heterocycles. The highest BCUT2D eigenvalue weighted by molar-refractivity contribution is 5.93. The topological polar surface area (TPSA) is 99.0 Å². The second kappa shape index (κ2) is 5.91. The minimum absolute atomic E-state index is 0.0717. The highest BCUT2D eigenvalue weighted by Gasteiger charge is 2.10. The summed E-state index contributed by atoms with van der Waals surface area (Å²) < 4.78 is 6.02. The van der Waals surface area contributed by atoms with Crippen molar-refractivity contribution in [2.45, 2.75) is 6.42 Å². The largest absolute Gasteiger partial charge is 0.465 e. The van der Waals surface area contributed by atoms with E-state index >= 15 is 0 Å². The van der Waals surface area contributed by atoms with Crippen molar-refractivity contribution in [1.29, 1.82) is 0 Å². The number of anilines is 1. The van der Waals surface area contributed by atoms with Gasteiger partial charge in [-0.25, -0.2) is 9.48 Å². The summed E-state index contributed by atoms with van der Waals surface area (Å²) in [7, 11) is 2.97. The maximum atomic E-state index is 11.8. The number of amides is 1. The molecule has 0 bridgehead atoms. The Morgan fingerprint density at radius 2 is 2.00 bits per heavy atom. The van der Waals surface area contributed by atoms with Gasteiger partial charge in [-0.2, -0.15) is 0 Å². The lowest BCUT2D eigenvalue weighted by atomic mass is 10.2. The van der Waals surface area contributed by atoms with Crippen LogP contribution in [-0.4, -0.2) is 39.2 Å². The number of hydrogen-bond donors (Lipinski definition) is 1. The smallest absolute Gasteiger partial charge is 0.337 e. The SMILES string of the molecule is COC(=O)c1ccc(NC(=O)Cc2nnnn2C)cc1. The molecule has 1 aromatic heterocycles. The molecule has 2 aromatic rings. The summed E-state index contributed by atoms with van der Waals surface area (Å²) in [5.41, 5.74) is 1.00. The first-order valence-corrected chi connectivity index (χ1v) is 5.79. The van der Waals surface area contributed by atoms with Crippen LogP contribution in [0.15, 0.2) is 24.3 Å². The summed E-state index contributed by atoms with van der Waals surface area (Å²) in [5, 5.41) is 13.5. The van der Waals surface area contributed by atoms with Gasteiger partial charge in [0.1, 0.15) is 0 Å². The normalized spacial score (nSPS) is 10.1. The molecule has 0 saturated carbocycles. The lowest BCUT2D eigenvalue weighted by molar-refractivity contribution is -0.115. The van der Waals surface area contributed by atoms with Crippen LogP contribution < -0.4 is 5.32 Å². The van der Waals surface area contributed by atoms with Crippen molar-refractivity contribution in [2.24, 2.45) is 7.05 Å². The summed E-state index contributed by atoms with van der Waals surface area (Å²) in [6, 6.07) is 6.40. The second-order valence-corrected chi connectivity index (χ2v) is 4.01. The standard InChI is InChI=1S/C12H13N5O3/c1-17-10(14-15-16-17)7-11(18)13-9-5-3-8(4-6-9)12(19)20-2/h3-6H,7H2,1-2H3,(H,13,18). The van der Waals surface area contributed by atoms with Crippen LogP contribution in [0.1, 0.15) is 16.2 Å². The third-order valence-corrected chi connectivity index (χ3v) is 2.62. The average Bonchev–Trinajstić information content (AvgIpc) is 2.84. The number of rotatable bonds is 4. The van der Waals surface area contributed by atoms with Crippen molar-refractivity contribution in [3.8, 4) is 0 Å². The van der Waals surface area contributed by atoms with E-state index in [0.29, 0.717) is 17.1 Å². The van der Waals surface area contributed by atoms with Crippen LogP contribution >= 0.6 is 0 Å². The van der Waals surface area contributed by atoms with Gasteiger partial charge in [-0.1, -0.05) is 0 Å².